The fourth-order valence-corrected chi connectivity index (χ4v) is 6.86. The van der Waals surface area contributed by atoms with Crippen LogP contribution in [-0.4, -0.2) is 30.2 Å². The molecule has 0 saturated carbocycles. The minimum Gasteiger partial charge on any atom is -0.387 e. The van der Waals surface area contributed by atoms with Crippen LogP contribution in [0.4, 0.5) is 0 Å². The van der Waals surface area contributed by atoms with E-state index in [1.807, 2.05) is 0 Å². The average molecular weight is 280 g/mol. The van der Waals surface area contributed by atoms with Gasteiger partial charge in [-0.05, 0) is 25.7 Å². The maximum absolute atomic E-state index is 9.25. The minimum atomic E-state index is -2.74. The minimum absolute atomic E-state index is 0.584. The predicted octanol–water partition coefficient (Wildman–Crippen LogP) is 2.07. The van der Waals surface area contributed by atoms with Crippen molar-refractivity contribution >= 4 is 17.0 Å². The number of hydrogen-bond donors (Lipinski definition) is 0. The van der Waals surface area contributed by atoms with Gasteiger partial charge in [-0.25, -0.2) is 10.5 Å². The molecule has 96 valence electrons. The predicted molar refractivity (Wildman–Crippen MR) is 67.6 cm³/mol. The van der Waals surface area contributed by atoms with Crippen molar-refractivity contribution in [1.29, 1.82) is 10.5 Å². The van der Waals surface area contributed by atoms with Crippen LogP contribution in [0.15, 0.2) is 9.56 Å². The van der Waals surface area contributed by atoms with Gasteiger partial charge in [0, 0.05) is 25.3 Å². The Kier molecular flexibility index (Phi) is 4.24. The highest BCUT2D eigenvalue weighted by Gasteiger charge is 2.44. The highest BCUT2D eigenvalue weighted by molar-refractivity contribution is 6.82. The van der Waals surface area contributed by atoms with E-state index in [2.05, 4.69) is 20.9 Å². The van der Waals surface area contributed by atoms with Crippen LogP contribution in [0, 0.1) is 21.9 Å². The summed E-state index contributed by atoms with van der Waals surface area (Å²) >= 11 is 0. The first kappa shape index (κ1) is 13.4. The Bertz CT molecular complexity index is 365. The smallest absolute Gasteiger partial charge is 0.387 e. The van der Waals surface area contributed by atoms with Gasteiger partial charge in [0.1, 0.15) is 0 Å². The van der Waals surface area contributed by atoms with Crippen LogP contribution < -0.4 is 0 Å². The van der Waals surface area contributed by atoms with Crippen LogP contribution in [0.5, 0.6) is 0 Å². The summed E-state index contributed by atoms with van der Waals surface area (Å²) in [7, 11) is -5.47. The van der Waals surface area contributed by atoms with Crippen molar-refractivity contribution in [2.45, 2.75) is 37.8 Å². The first-order valence-electron chi connectivity index (χ1n) is 6.29. The van der Waals surface area contributed by atoms with Gasteiger partial charge < -0.3 is 8.85 Å². The summed E-state index contributed by atoms with van der Waals surface area (Å²) in [4.78, 5) is 0. The second kappa shape index (κ2) is 5.72. The number of hydrogen-bond acceptors (Lipinski definition) is 6. The molecule has 0 aromatic rings. The van der Waals surface area contributed by atoms with Gasteiger partial charge in [0.15, 0.2) is 0 Å². The molecule has 0 aliphatic carbocycles. The number of nitrogens with zero attached hydrogens (tertiary/aromatic N) is 4. The maximum Gasteiger partial charge on any atom is 0.452 e. The Morgan fingerprint density at radius 1 is 0.778 bits per heavy atom. The largest absolute Gasteiger partial charge is 0.452 e. The molecule has 0 amide bonds. The van der Waals surface area contributed by atoms with Gasteiger partial charge >= 0.3 is 17.0 Å². The molecule has 2 fully saturated rings. The van der Waals surface area contributed by atoms with Gasteiger partial charge in [0.25, 0.3) is 0 Å². The molecule has 18 heavy (non-hydrogen) atoms. The SMILES string of the molecule is N#C[Si]1(N=N[Si]2(C#N)CCCCO2)CCCCO1. The van der Waals surface area contributed by atoms with Gasteiger partial charge in [-0.15, -0.1) is 0 Å². The van der Waals surface area contributed by atoms with Crippen molar-refractivity contribution in [1.82, 2.24) is 0 Å². The lowest BCUT2D eigenvalue weighted by Crippen LogP contribution is -2.42. The third-order valence-electron chi connectivity index (χ3n) is 3.22. The Morgan fingerprint density at radius 2 is 1.22 bits per heavy atom. The van der Waals surface area contributed by atoms with E-state index in [-0.39, 0.29) is 0 Å². The zero-order chi connectivity index (χ0) is 12.9. The van der Waals surface area contributed by atoms with Gasteiger partial charge in [-0.2, -0.15) is 9.56 Å². The fraction of sp³-hybridized carbons (Fsp3) is 0.800. The van der Waals surface area contributed by atoms with E-state index in [0.29, 0.717) is 25.3 Å². The Hall–Kier alpha value is -1.07. The Labute approximate surface area is 109 Å². The molecule has 2 heterocycles. The van der Waals surface area contributed by atoms with Crippen molar-refractivity contribution in [3.63, 3.8) is 0 Å². The van der Waals surface area contributed by atoms with E-state index < -0.39 is 17.0 Å². The molecule has 0 spiro atoms. The van der Waals surface area contributed by atoms with Gasteiger partial charge in [0.05, 0.1) is 11.4 Å². The molecule has 2 rings (SSSR count). The van der Waals surface area contributed by atoms with Crippen molar-refractivity contribution in [3.05, 3.63) is 0 Å². The molecule has 0 aromatic carbocycles. The van der Waals surface area contributed by atoms with Gasteiger partial charge in [-0.1, -0.05) is 0 Å². The summed E-state index contributed by atoms with van der Waals surface area (Å²) in [5, 5.41) is 18.5. The molecule has 2 atom stereocenters. The summed E-state index contributed by atoms with van der Waals surface area (Å²) in [5.74, 6) is 0. The molecular weight excluding hydrogens is 264 g/mol. The second-order valence-electron chi connectivity index (χ2n) is 4.60. The first-order valence-corrected chi connectivity index (χ1v) is 10.4. The highest BCUT2D eigenvalue weighted by Crippen LogP contribution is 2.27. The quantitative estimate of drug-likeness (QED) is 0.572. The van der Waals surface area contributed by atoms with E-state index >= 15 is 0 Å². The van der Waals surface area contributed by atoms with Crippen LogP contribution >= 0.6 is 0 Å². The summed E-state index contributed by atoms with van der Waals surface area (Å²) in [5.41, 5.74) is 4.42. The van der Waals surface area contributed by atoms with Crippen molar-refractivity contribution in [2.75, 3.05) is 13.2 Å². The molecule has 2 aliphatic rings. The lowest BCUT2D eigenvalue weighted by molar-refractivity contribution is 0.268. The third-order valence-corrected chi connectivity index (χ3v) is 8.40. The molecule has 6 nitrogen and oxygen atoms in total. The van der Waals surface area contributed by atoms with E-state index in [9.17, 15) is 10.5 Å². The molecule has 2 saturated heterocycles. The van der Waals surface area contributed by atoms with E-state index in [1.165, 1.54) is 0 Å². The van der Waals surface area contributed by atoms with Crippen molar-refractivity contribution in [3.8, 4) is 11.4 Å². The molecule has 0 bridgehead atoms. The summed E-state index contributed by atoms with van der Waals surface area (Å²) in [6.45, 7) is 1.17. The first-order chi connectivity index (χ1) is 8.74. The maximum atomic E-state index is 9.25. The average Bonchev–Trinajstić information content (AvgIpc) is 2.47. The Balaban J connectivity index is 2.12. The van der Waals surface area contributed by atoms with E-state index in [1.54, 1.807) is 0 Å². The summed E-state index contributed by atoms with van der Waals surface area (Å²) in [6.07, 6.45) is 3.87. The lowest BCUT2D eigenvalue weighted by atomic mass is 10.4. The van der Waals surface area contributed by atoms with Crippen molar-refractivity contribution < 1.29 is 8.85 Å². The standard InChI is InChI=1S/C10H16N4O2Si2/c11-9-17(7-3-1-5-15-17)13-14-18(10-12)8-4-2-6-16-18/h1-8H2. The number of rotatable bonds is 2. The third kappa shape index (κ3) is 2.84. The van der Waals surface area contributed by atoms with E-state index in [4.69, 9.17) is 8.85 Å². The molecule has 0 N–H and O–H groups in total. The molecule has 0 aromatic heterocycles. The van der Waals surface area contributed by atoms with E-state index in [0.717, 1.165) is 25.7 Å². The van der Waals surface area contributed by atoms with Crippen LogP contribution in [0.25, 0.3) is 0 Å². The van der Waals surface area contributed by atoms with Gasteiger partial charge in [-0.3, -0.25) is 0 Å². The normalized spacial score (nSPS) is 37.0. The topological polar surface area (TPSA) is 90.8 Å². The molecule has 0 radical (unpaired) electrons. The summed E-state index contributed by atoms with van der Waals surface area (Å²) in [6, 6.07) is 1.37. The van der Waals surface area contributed by atoms with Crippen LogP contribution in [0.3, 0.4) is 0 Å². The molecule has 2 aliphatic heterocycles. The zero-order valence-electron chi connectivity index (χ0n) is 10.3. The Morgan fingerprint density at radius 3 is 1.50 bits per heavy atom. The molecular formula is C10H16N4O2Si2. The molecule has 2 unspecified atom stereocenters. The van der Waals surface area contributed by atoms with Crippen LogP contribution in [-0.2, 0) is 8.85 Å². The highest BCUT2D eigenvalue weighted by atomic mass is 28.4. The van der Waals surface area contributed by atoms with Crippen LogP contribution in [0.2, 0.25) is 12.1 Å². The van der Waals surface area contributed by atoms with Crippen molar-refractivity contribution in [2.24, 2.45) is 9.56 Å². The summed E-state index contributed by atoms with van der Waals surface area (Å²) < 4.78 is 19.5. The van der Waals surface area contributed by atoms with Gasteiger partial charge in [0.2, 0.25) is 0 Å². The lowest BCUT2D eigenvalue weighted by Gasteiger charge is -2.26. The second-order valence-corrected chi connectivity index (χ2v) is 10.2. The fourth-order valence-electron chi connectivity index (χ4n) is 2.10. The monoisotopic (exact) mass is 280 g/mol. The zero-order valence-corrected chi connectivity index (χ0v) is 12.3. The number of nitriles is 2. The van der Waals surface area contributed by atoms with Crippen LogP contribution in [0.1, 0.15) is 25.7 Å². The molecule has 8 heteroatoms.